The second-order valence-corrected chi connectivity index (χ2v) is 5.26. The van der Waals surface area contributed by atoms with E-state index in [0.29, 0.717) is 5.41 Å². The van der Waals surface area contributed by atoms with Gasteiger partial charge in [-0.15, -0.1) is 0 Å². The Hall–Kier alpha value is -0.0400. The van der Waals surface area contributed by atoms with Crippen LogP contribution in [0.25, 0.3) is 0 Å². The largest absolute Gasteiger partial charge is 0.319 e. The Labute approximate surface area is 89.7 Å². The van der Waals surface area contributed by atoms with Crippen molar-refractivity contribution >= 4 is 0 Å². The third kappa shape index (κ3) is 2.31. The fraction of sp³-hybridized carbons (Fsp3) is 1.00. The number of hydrogen-bond acceptors (Lipinski definition) is 1. The van der Waals surface area contributed by atoms with Gasteiger partial charge in [-0.3, -0.25) is 0 Å². The molecule has 0 amide bonds. The third-order valence-corrected chi connectivity index (χ3v) is 4.33. The van der Waals surface area contributed by atoms with Crippen molar-refractivity contribution in [3.05, 3.63) is 0 Å². The average molecular weight is 197 g/mol. The monoisotopic (exact) mass is 197 g/mol. The van der Waals surface area contributed by atoms with E-state index in [1.165, 1.54) is 38.6 Å². The molecule has 0 heterocycles. The lowest BCUT2D eigenvalue weighted by Crippen LogP contribution is -2.42. The highest BCUT2D eigenvalue weighted by Crippen LogP contribution is 2.46. The van der Waals surface area contributed by atoms with Crippen molar-refractivity contribution < 1.29 is 0 Å². The summed E-state index contributed by atoms with van der Waals surface area (Å²) in [5, 5.41) is 3.39. The molecule has 1 saturated carbocycles. The van der Waals surface area contributed by atoms with Gasteiger partial charge in [0.15, 0.2) is 0 Å². The summed E-state index contributed by atoms with van der Waals surface area (Å²) < 4.78 is 0. The number of rotatable bonds is 4. The fourth-order valence-corrected chi connectivity index (χ4v) is 3.66. The molecule has 2 unspecified atom stereocenters. The van der Waals surface area contributed by atoms with E-state index in [1.54, 1.807) is 0 Å². The van der Waals surface area contributed by atoms with Gasteiger partial charge in [0.1, 0.15) is 0 Å². The van der Waals surface area contributed by atoms with E-state index < -0.39 is 0 Å². The second-order valence-electron chi connectivity index (χ2n) is 5.26. The van der Waals surface area contributed by atoms with Crippen LogP contribution in [-0.2, 0) is 0 Å². The van der Waals surface area contributed by atoms with E-state index in [0.717, 1.165) is 11.8 Å². The predicted octanol–water partition coefficient (Wildman–Crippen LogP) is 3.45. The van der Waals surface area contributed by atoms with E-state index in [1.807, 2.05) is 0 Å². The minimum Gasteiger partial charge on any atom is -0.319 e. The Balaban J connectivity index is 2.71. The maximum atomic E-state index is 3.39. The van der Waals surface area contributed by atoms with Crippen LogP contribution in [0.15, 0.2) is 0 Å². The highest BCUT2D eigenvalue weighted by Gasteiger charge is 2.39. The summed E-state index contributed by atoms with van der Waals surface area (Å²) >= 11 is 0. The standard InChI is InChI=1S/C13H27N/c1-5-11-8-7-9-13(3,10-14-4)12(11)6-2/h11-12,14H,5-10H2,1-4H3/t11-,12?,13?/m0/s1. The van der Waals surface area contributed by atoms with Gasteiger partial charge in [0, 0.05) is 6.54 Å². The van der Waals surface area contributed by atoms with Crippen molar-refractivity contribution in [3.8, 4) is 0 Å². The summed E-state index contributed by atoms with van der Waals surface area (Å²) in [6.07, 6.45) is 7.05. The molecule has 0 aromatic rings. The lowest BCUT2D eigenvalue weighted by molar-refractivity contribution is 0.0532. The van der Waals surface area contributed by atoms with Crippen molar-refractivity contribution in [1.29, 1.82) is 0 Å². The Morgan fingerprint density at radius 3 is 2.50 bits per heavy atom. The molecule has 1 fully saturated rings. The quantitative estimate of drug-likeness (QED) is 0.728. The minimum absolute atomic E-state index is 0.558. The molecular weight excluding hydrogens is 170 g/mol. The Morgan fingerprint density at radius 1 is 1.29 bits per heavy atom. The molecule has 1 rings (SSSR count). The van der Waals surface area contributed by atoms with Crippen molar-refractivity contribution in [2.75, 3.05) is 13.6 Å². The van der Waals surface area contributed by atoms with Crippen LogP contribution in [0.2, 0.25) is 0 Å². The molecule has 1 aliphatic rings. The summed E-state index contributed by atoms with van der Waals surface area (Å²) in [6.45, 7) is 8.41. The molecule has 0 radical (unpaired) electrons. The highest BCUT2D eigenvalue weighted by atomic mass is 14.8. The van der Waals surface area contributed by atoms with Crippen LogP contribution < -0.4 is 5.32 Å². The first-order valence-electron chi connectivity index (χ1n) is 6.32. The summed E-state index contributed by atoms with van der Waals surface area (Å²) in [7, 11) is 2.09. The first kappa shape index (κ1) is 12.0. The van der Waals surface area contributed by atoms with Crippen molar-refractivity contribution in [1.82, 2.24) is 5.32 Å². The molecule has 0 spiro atoms. The van der Waals surface area contributed by atoms with Crippen LogP contribution >= 0.6 is 0 Å². The summed E-state index contributed by atoms with van der Waals surface area (Å²) in [4.78, 5) is 0. The molecule has 84 valence electrons. The van der Waals surface area contributed by atoms with Gasteiger partial charge < -0.3 is 5.32 Å². The lowest BCUT2D eigenvalue weighted by Gasteiger charge is -2.46. The lowest BCUT2D eigenvalue weighted by atomic mass is 9.61. The summed E-state index contributed by atoms with van der Waals surface area (Å²) in [6, 6.07) is 0. The maximum absolute atomic E-state index is 3.39. The summed E-state index contributed by atoms with van der Waals surface area (Å²) in [5.41, 5.74) is 0.558. The Morgan fingerprint density at radius 2 is 2.00 bits per heavy atom. The van der Waals surface area contributed by atoms with Gasteiger partial charge in [-0.1, -0.05) is 46.5 Å². The second kappa shape index (κ2) is 5.16. The van der Waals surface area contributed by atoms with Crippen LogP contribution in [-0.4, -0.2) is 13.6 Å². The zero-order chi connectivity index (χ0) is 10.6. The van der Waals surface area contributed by atoms with Gasteiger partial charge in [-0.2, -0.15) is 0 Å². The third-order valence-electron chi connectivity index (χ3n) is 4.33. The molecule has 0 bridgehead atoms. The van der Waals surface area contributed by atoms with Crippen LogP contribution in [0.4, 0.5) is 0 Å². The van der Waals surface area contributed by atoms with Crippen LogP contribution in [0.1, 0.15) is 52.9 Å². The molecule has 3 atom stereocenters. The molecule has 1 nitrogen and oxygen atoms in total. The average Bonchev–Trinajstić information content (AvgIpc) is 2.17. The zero-order valence-corrected chi connectivity index (χ0v) is 10.4. The highest BCUT2D eigenvalue weighted by molar-refractivity contribution is 4.91. The van der Waals surface area contributed by atoms with E-state index >= 15 is 0 Å². The topological polar surface area (TPSA) is 12.0 Å². The molecule has 14 heavy (non-hydrogen) atoms. The minimum atomic E-state index is 0.558. The van der Waals surface area contributed by atoms with Crippen LogP contribution in [0.5, 0.6) is 0 Å². The van der Waals surface area contributed by atoms with Gasteiger partial charge in [0.2, 0.25) is 0 Å². The van der Waals surface area contributed by atoms with E-state index in [-0.39, 0.29) is 0 Å². The zero-order valence-electron chi connectivity index (χ0n) is 10.4. The molecule has 0 aromatic carbocycles. The van der Waals surface area contributed by atoms with Crippen LogP contribution in [0, 0.1) is 17.3 Å². The first-order chi connectivity index (χ1) is 6.68. The van der Waals surface area contributed by atoms with Gasteiger partial charge in [-0.05, 0) is 30.7 Å². The SMILES string of the molecule is CCC1[C@@H](CC)CCCC1(C)CNC. The molecule has 1 aliphatic carbocycles. The van der Waals surface area contributed by atoms with Gasteiger partial charge >= 0.3 is 0 Å². The molecule has 1 heteroatoms. The van der Waals surface area contributed by atoms with Gasteiger partial charge in [0.05, 0.1) is 0 Å². The van der Waals surface area contributed by atoms with E-state index in [4.69, 9.17) is 0 Å². The maximum Gasteiger partial charge on any atom is 0.000491 e. The normalized spacial score (nSPS) is 38.6. The van der Waals surface area contributed by atoms with E-state index in [9.17, 15) is 0 Å². The number of hydrogen-bond donors (Lipinski definition) is 1. The van der Waals surface area contributed by atoms with Crippen molar-refractivity contribution in [2.24, 2.45) is 17.3 Å². The van der Waals surface area contributed by atoms with E-state index in [2.05, 4.69) is 33.1 Å². The van der Waals surface area contributed by atoms with Crippen molar-refractivity contribution in [3.63, 3.8) is 0 Å². The first-order valence-corrected chi connectivity index (χ1v) is 6.32. The molecule has 0 saturated heterocycles. The Kier molecular flexibility index (Phi) is 4.43. The van der Waals surface area contributed by atoms with Crippen molar-refractivity contribution in [2.45, 2.75) is 52.9 Å². The predicted molar refractivity (Wildman–Crippen MR) is 63.4 cm³/mol. The fourth-order valence-electron chi connectivity index (χ4n) is 3.66. The Bertz CT molecular complexity index is 163. The molecule has 0 aromatic heterocycles. The number of nitrogens with one attached hydrogen (secondary N) is 1. The smallest absolute Gasteiger partial charge is 0.000491 e. The van der Waals surface area contributed by atoms with Crippen LogP contribution in [0.3, 0.4) is 0 Å². The molecule has 1 N–H and O–H groups in total. The van der Waals surface area contributed by atoms with Gasteiger partial charge in [-0.25, -0.2) is 0 Å². The molecular formula is C13H27N. The van der Waals surface area contributed by atoms with Gasteiger partial charge in [0.25, 0.3) is 0 Å². The molecule has 0 aliphatic heterocycles. The summed E-state index contributed by atoms with van der Waals surface area (Å²) in [5.74, 6) is 1.92.